The minimum atomic E-state index is -3.60. The number of nitrogens with one attached hydrogen (secondary N) is 2. The lowest BCUT2D eigenvalue weighted by molar-refractivity contribution is -0.152. The Kier molecular flexibility index (Phi) is 9.30. The smallest absolute Gasteiger partial charge is 0.307 e. The maximum atomic E-state index is 12.3. The van der Waals surface area contributed by atoms with Gasteiger partial charge in [-0.15, -0.1) is 11.8 Å². The molecule has 0 heterocycles. The van der Waals surface area contributed by atoms with Gasteiger partial charge in [0.05, 0.1) is 11.3 Å². The van der Waals surface area contributed by atoms with Crippen molar-refractivity contribution in [2.45, 2.75) is 63.0 Å². The molecule has 0 saturated heterocycles. The van der Waals surface area contributed by atoms with Crippen LogP contribution in [0.25, 0.3) is 0 Å². The highest BCUT2D eigenvalue weighted by Crippen LogP contribution is 2.22. The van der Waals surface area contributed by atoms with Crippen LogP contribution in [0, 0.1) is 13.8 Å². The number of carbonyl (C=O) groups excluding carboxylic acids is 2. The molecule has 32 heavy (non-hydrogen) atoms. The Morgan fingerprint density at radius 1 is 1.00 bits per heavy atom. The van der Waals surface area contributed by atoms with Gasteiger partial charge in [0, 0.05) is 22.4 Å². The average molecular weight is 479 g/mol. The lowest BCUT2D eigenvalue weighted by atomic mass is 10.1. The third-order valence-corrected chi connectivity index (χ3v) is 7.22. The molecule has 0 aliphatic heterocycles. The largest absolute Gasteiger partial charge is 0.453 e. The number of anilines is 1. The Labute approximate surface area is 194 Å². The molecule has 1 unspecified atom stereocenters. The highest BCUT2D eigenvalue weighted by molar-refractivity contribution is 7.99. The van der Waals surface area contributed by atoms with E-state index in [1.54, 1.807) is 25.6 Å². The predicted octanol–water partition coefficient (Wildman–Crippen LogP) is 4.04. The maximum absolute atomic E-state index is 12.3. The van der Waals surface area contributed by atoms with Gasteiger partial charge in [0.1, 0.15) is 0 Å². The molecular formula is C23H30N2O5S2. The van der Waals surface area contributed by atoms with E-state index in [1.165, 1.54) is 42.3 Å². The van der Waals surface area contributed by atoms with E-state index < -0.39 is 28.0 Å². The van der Waals surface area contributed by atoms with E-state index in [0.29, 0.717) is 11.4 Å². The number of sulfonamides is 1. The van der Waals surface area contributed by atoms with Crippen molar-refractivity contribution in [2.24, 2.45) is 0 Å². The van der Waals surface area contributed by atoms with Crippen LogP contribution in [0.5, 0.6) is 0 Å². The van der Waals surface area contributed by atoms with E-state index >= 15 is 0 Å². The first-order chi connectivity index (χ1) is 15.0. The van der Waals surface area contributed by atoms with Gasteiger partial charge in [0.15, 0.2) is 6.10 Å². The van der Waals surface area contributed by atoms with E-state index in [0.717, 1.165) is 4.90 Å². The van der Waals surface area contributed by atoms with Gasteiger partial charge in [-0.3, -0.25) is 9.59 Å². The van der Waals surface area contributed by atoms with Gasteiger partial charge in [0.25, 0.3) is 5.91 Å². The fourth-order valence-corrected chi connectivity index (χ4v) is 4.89. The fraction of sp³-hybridized carbons (Fsp3) is 0.391. The Balaban J connectivity index is 1.81. The summed E-state index contributed by atoms with van der Waals surface area (Å²) < 4.78 is 32.0. The molecule has 0 aliphatic rings. The van der Waals surface area contributed by atoms with Crippen LogP contribution in [0.4, 0.5) is 5.69 Å². The number of carbonyl (C=O) groups is 2. The Bertz CT molecular complexity index is 1050. The van der Waals surface area contributed by atoms with Gasteiger partial charge < -0.3 is 10.1 Å². The molecule has 2 aromatic carbocycles. The summed E-state index contributed by atoms with van der Waals surface area (Å²) in [5.74, 6) is -0.392. The Hall–Kier alpha value is -2.36. The zero-order chi connectivity index (χ0) is 23.9. The molecule has 0 spiro atoms. The van der Waals surface area contributed by atoms with Crippen molar-refractivity contribution in [1.82, 2.24) is 4.72 Å². The SMILES string of the molecule is Cc1ccc(SCCC(=O)OC(C)C(=O)Nc2ccc(S(=O)(=O)NC(C)C)cc2)cc1C. The second-order valence-electron chi connectivity index (χ2n) is 7.77. The monoisotopic (exact) mass is 478 g/mol. The minimum absolute atomic E-state index is 0.102. The highest BCUT2D eigenvalue weighted by Gasteiger charge is 2.19. The molecule has 2 rings (SSSR count). The first-order valence-electron chi connectivity index (χ1n) is 10.3. The van der Waals surface area contributed by atoms with Crippen molar-refractivity contribution >= 4 is 39.3 Å². The molecule has 0 saturated carbocycles. The molecule has 7 nitrogen and oxygen atoms in total. The highest BCUT2D eigenvalue weighted by atomic mass is 32.2. The summed E-state index contributed by atoms with van der Waals surface area (Å²) in [4.78, 5) is 25.6. The first-order valence-corrected chi connectivity index (χ1v) is 12.8. The summed E-state index contributed by atoms with van der Waals surface area (Å²) in [6, 6.07) is 11.7. The number of thioether (sulfide) groups is 1. The van der Waals surface area contributed by atoms with Crippen LogP contribution < -0.4 is 10.0 Å². The van der Waals surface area contributed by atoms with E-state index in [9.17, 15) is 18.0 Å². The molecule has 2 aromatic rings. The number of esters is 1. The first kappa shape index (κ1) is 25.9. The summed E-state index contributed by atoms with van der Waals surface area (Å²) in [6.45, 7) is 9.06. The van der Waals surface area contributed by atoms with E-state index in [-0.39, 0.29) is 17.4 Å². The standard InChI is InChI=1S/C23H30N2O5S2/c1-15(2)25-32(28,29)21-10-7-19(8-11-21)24-23(27)18(5)30-22(26)12-13-31-20-9-6-16(3)17(4)14-20/h6-11,14-15,18,25H,12-13H2,1-5H3,(H,24,27). The van der Waals surface area contributed by atoms with Crippen LogP contribution in [0.15, 0.2) is 52.3 Å². The third kappa shape index (κ3) is 7.96. The molecule has 0 aliphatic carbocycles. The van der Waals surface area contributed by atoms with Gasteiger partial charge in [-0.05, 0) is 82.1 Å². The van der Waals surface area contributed by atoms with Gasteiger partial charge >= 0.3 is 5.97 Å². The number of ether oxygens (including phenoxy) is 1. The molecule has 174 valence electrons. The molecule has 1 amide bonds. The van der Waals surface area contributed by atoms with Crippen LogP contribution in [0.1, 0.15) is 38.3 Å². The second kappa shape index (κ2) is 11.5. The van der Waals surface area contributed by atoms with E-state index in [4.69, 9.17) is 4.74 Å². The van der Waals surface area contributed by atoms with E-state index in [2.05, 4.69) is 16.1 Å². The van der Waals surface area contributed by atoms with Gasteiger partial charge in [-0.25, -0.2) is 13.1 Å². The molecule has 0 radical (unpaired) electrons. The molecular weight excluding hydrogens is 448 g/mol. The summed E-state index contributed by atoms with van der Waals surface area (Å²) >= 11 is 1.56. The lowest BCUT2D eigenvalue weighted by Gasteiger charge is -2.14. The minimum Gasteiger partial charge on any atom is -0.453 e. The number of rotatable bonds is 10. The molecule has 1 atom stereocenters. The van der Waals surface area contributed by atoms with Crippen molar-refractivity contribution < 1.29 is 22.7 Å². The summed E-state index contributed by atoms with van der Waals surface area (Å²) in [6.07, 6.45) is -0.787. The molecule has 0 aromatic heterocycles. The van der Waals surface area contributed by atoms with Gasteiger partial charge in [-0.2, -0.15) is 0 Å². The van der Waals surface area contributed by atoms with Crippen molar-refractivity contribution in [3.8, 4) is 0 Å². The summed E-state index contributed by atoms with van der Waals surface area (Å²) in [5, 5.41) is 2.62. The zero-order valence-electron chi connectivity index (χ0n) is 19.0. The van der Waals surface area contributed by atoms with E-state index in [1.807, 2.05) is 26.0 Å². The average Bonchev–Trinajstić information content (AvgIpc) is 2.70. The van der Waals surface area contributed by atoms with Crippen molar-refractivity contribution in [3.05, 3.63) is 53.6 Å². The molecule has 0 bridgehead atoms. The quantitative estimate of drug-likeness (QED) is 0.395. The maximum Gasteiger partial charge on any atom is 0.307 e. The molecule has 2 N–H and O–H groups in total. The van der Waals surface area contributed by atoms with Gasteiger partial charge in [-0.1, -0.05) is 6.07 Å². The van der Waals surface area contributed by atoms with Crippen molar-refractivity contribution in [1.29, 1.82) is 0 Å². The molecule has 9 heteroatoms. The van der Waals surface area contributed by atoms with Crippen molar-refractivity contribution in [3.63, 3.8) is 0 Å². The number of benzene rings is 2. The topological polar surface area (TPSA) is 102 Å². The Morgan fingerprint density at radius 3 is 2.25 bits per heavy atom. The lowest BCUT2D eigenvalue weighted by Crippen LogP contribution is -2.30. The number of hydrogen-bond donors (Lipinski definition) is 2. The molecule has 0 fully saturated rings. The van der Waals surface area contributed by atoms with Crippen LogP contribution in [0.2, 0.25) is 0 Å². The van der Waals surface area contributed by atoms with Crippen LogP contribution >= 0.6 is 11.8 Å². The normalized spacial score (nSPS) is 12.4. The Morgan fingerprint density at radius 2 is 1.66 bits per heavy atom. The number of amides is 1. The van der Waals surface area contributed by atoms with Gasteiger partial charge in [0.2, 0.25) is 10.0 Å². The number of hydrogen-bond acceptors (Lipinski definition) is 6. The summed E-state index contributed by atoms with van der Waals surface area (Å²) in [5.41, 5.74) is 2.83. The van der Waals surface area contributed by atoms with Crippen LogP contribution in [0.3, 0.4) is 0 Å². The summed E-state index contributed by atoms with van der Waals surface area (Å²) in [7, 11) is -3.60. The van der Waals surface area contributed by atoms with Crippen LogP contribution in [-0.2, 0) is 24.3 Å². The van der Waals surface area contributed by atoms with Crippen LogP contribution in [-0.4, -0.2) is 38.2 Å². The fourth-order valence-electron chi connectivity index (χ4n) is 2.71. The third-order valence-electron chi connectivity index (χ3n) is 4.55. The predicted molar refractivity (Wildman–Crippen MR) is 127 cm³/mol. The second-order valence-corrected chi connectivity index (χ2v) is 10.6. The van der Waals surface area contributed by atoms with Crippen molar-refractivity contribution in [2.75, 3.05) is 11.1 Å². The zero-order valence-corrected chi connectivity index (χ0v) is 20.6. The number of aryl methyl sites for hydroxylation is 2.